The standard InChI is InChI=1S/C11H18N2O4/c14-8-5-9(10(15)16)13(6-8)11(17)12-4-3-7-1-2-7/h7-9,14H,1-6H2,(H,12,17)(H,15,16)/t8-,9-/m1/s1. The van der Waals surface area contributed by atoms with E-state index in [9.17, 15) is 14.7 Å². The van der Waals surface area contributed by atoms with Gasteiger partial charge in [0, 0.05) is 19.5 Å². The molecule has 1 heterocycles. The van der Waals surface area contributed by atoms with Crippen LogP contribution in [0.3, 0.4) is 0 Å². The summed E-state index contributed by atoms with van der Waals surface area (Å²) in [6, 6.07) is -1.28. The smallest absolute Gasteiger partial charge is 0.326 e. The van der Waals surface area contributed by atoms with E-state index in [4.69, 9.17) is 5.11 Å². The van der Waals surface area contributed by atoms with Crippen LogP contribution in [0, 0.1) is 5.92 Å². The largest absolute Gasteiger partial charge is 0.480 e. The Hall–Kier alpha value is -1.30. The minimum absolute atomic E-state index is 0.103. The van der Waals surface area contributed by atoms with Crippen molar-refractivity contribution in [1.82, 2.24) is 10.2 Å². The second kappa shape index (κ2) is 4.91. The minimum Gasteiger partial charge on any atom is -0.480 e. The first-order chi connectivity index (χ1) is 8.08. The van der Waals surface area contributed by atoms with Crippen molar-refractivity contribution >= 4 is 12.0 Å². The number of aliphatic hydroxyl groups excluding tert-OH is 1. The van der Waals surface area contributed by atoms with Crippen LogP contribution in [0.1, 0.15) is 25.7 Å². The number of carbonyl (C=O) groups is 2. The first-order valence-electron chi connectivity index (χ1n) is 6.03. The number of urea groups is 1. The fourth-order valence-electron chi connectivity index (χ4n) is 2.16. The zero-order chi connectivity index (χ0) is 12.4. The number of likely N-dealkylation sites (tertiary alicyclic amines) is 1. The van der Waals surface area contributed by atoms with Crippen LogP contribution < -0.4 is 5.32 Å². The van der Waals surface area contributed by atoms with Crippen LogP contribution in [0.15, 0.2) is 0 Å². The number of nitrogens with zero attached hydrogens (tertiary/aromatic N) is 1. The molecule has 96 valence electrons. The summed E-state index contributed by atoms with van der Waals surface area (Å²) in [6.07, 6.45) is 2.81. The monoisotopic (exact) mass is 242 g/mol. The lowest BCUT2D eigenvalue weighted by atomic mass is 10.2. The summed E-state index contributed by atoms with van der Waals surface area (Å²) in [5.41, 5.74) is 0. The highest BCUT2D eigenvalue weighted by atomic mass is 16.4. The fraction of sp³-hybridized carbons (Fsp3) is 0.818. The summed E-state index contributed by atoms with van der Waals surface area (Å²) in [5.74, 6) is -0.325. The normalized spacial score (nSPS) is 28.2. The molecule has 0 bridgehead atoms. The van der Waals surface area contributed by atoms with E-state index in [1.807, 2.05) is 0 Å². The number of amides is 2. The summed E-state index contributed by atoms with van der Waals surface area (Å²) >= 11 is 0. The maximum atomic E-state index is 11.7. The molecule has 0 spiro atoms. The first-order valence-corrected chi connectivity index (χ1v) is 6.03. The third kappa shape index (κ3) is 3.09. The number of nitrogens with one attached hydrogen (secondary N) is 1. The molecule has 17 heavy (non-hydrogen) atoms. The molecule has 0 aromatic rings. The predicted octanol–water partition coefficient (Wildman–Crippen LogP) is 0.0159. The fourth-order valence-corrected chi connectivity index (χ4v) is 2.16. The Morgan fingerprint density at radius 3 is 2.65 bits per heavy atom. The number of rotatable bonds is 4. The molecule has 1 aliphatic heterocycles. The van der Waals surface area contributed by atoms with Gasteiger partial charge in [0.25, 0.3) is 0 Å². The molecule has 6 nitrogen and oxygen atoms in total. The van der Waals surface area contributed by atoms with Gasteiger partial charge in [-0.15, -0.1) is 0 Å². The van der Waals surface area contributed by atoms with Crippen molar-refractivity contribution in [3.8, 4) is 0 Å². The summed E-state index contributed by atoms with van der Waals surface area (Å²) in [6.45, 7) is 0.689. The third-order valence-electron chi connectivity index (χ3n) is 3.35. The minimum atomic E-state index is -1.06. The molecule has 0 radical (unpaired) electrons. The second-order valence-corrected chi connectivity index (χ2v) is 4.86. The van der Waals surface area contributed by atoms with E-state index in [-0.39, 0.29) is 19.0 Å². The van der Waals surface area contributed by atoms with E-state index >= 15 is 0 Å². The van der Waals surface area contributed by atoms with Crippen molar-refractivity contribution in [2.45, 2.75) is 37.8 Å². The van der Waals surface area contributed by atoms with Crippen molar-refractivity contribution in [2.24, 2.45) is 5.92 Å². The number of carbonyl (C=O) groups excluding carboxylic acids is 1. The molecular formula is C11H18N2O4. The molecule has 1 saturated heterocycles. The van der Waals surface area contributed by atoms with Gasteiger partial charge in [0.05, 0.1) is 6.10 Å². The Balaban J connectivity index is 1.81. The molecule has 2 amide bonds. The Morgan fingerprint density at radius 2 is 2.06 bits per heavy atom. The molecular weight excluding hydrogens is 224 g/mol. The molecule has 1 saturated carbocycles. The lowest BCUT2D eigenvalue weighted by Crippen LogP contribution is -2.46. The number of carboxylic acid groups (broad SMARTS) is 1. The Morgan fingerprint density at radius 1 is 1.35 bits per heavy atom. The second-order valence-electron chi connectivity index (χ2n) is 4.86. The van der Waals surface area contributed by atoms with Crippen LogP contribution in [-0.4, -0.2) is 52.3 Å². The summed E-state index contributed by atoms with van der Waals surface area (Å²) in [5, 5.41) is 21.1. The highest BCUT2D eigenvalue weighted by molar-refractivity contribution is 5.83. The maximum absolute atomic E-state index is 11.7. The summed E-state index contributed by atoms with van der Waals surface area (Å²) in [7, 11) is 0. The number of aliphatic hydroxyl groups is 1. The Bertz CT molecular complexity index is 317. The van der Waals surface area contributed by atoms with Gasteiger partial charge in [-0.05, 0) is 12.3 Å². The number of carboxylic acids is 1. The van der Waals surface area contributed by atoms with Crippen LogP contribution in [0.25, 0.3) is 0 Å². The van der Waals surface area contributed by atoms with Gasteiger partial charge in [-0.2, -0.15) is 0 Å². The van der Waals surface area contributed by atoms with E-state index in [0.717, 1.165) is 12.3 Å². The highest BCUT2D eigenvalue weighted by Crippen LogP contribution is 2.31. The van der Waals surface area contributed by atoms with Gasteiger partial charge in [-0.1, -0.05) is 12.8 Å². The summed E-state index contributed by atoms with van der Waals surface area (Å²) in [4.78, 5) is 23.9. The average molecular weight is 242 g/mol. The van der Waals surface area contributed by atoms with Gasteiger partial charge in [0.1, 0.15) is 6.04 Å². The van der Waals surface area contributed by atoms with Gasteiger partial charge in [-0.3, -0.25) is 0 Å². The van der Waals surface area contributed by atoms with Crippen molar-refractivity contribution < 1.29 is 19.8 Å². The quantitative estimate of drug-likeness (QED) is 0.648. The molecule has 0 aromatic heterocycles. The topological polar surface area (TPSA) is 89.9 Å². The van der Waals surface area contributed by atoms with E-state index in [0.29, 0.717) is 6.54 Å². The highest BCUT2D eigenvalue weighted by Gasteiger charge is 2.38. The van der Waals surface area contributed by atoms with Crippen molar-refractivity contribution in [3.63, 3.8) is 0 Å². The van der Waals surface area contributed by atoms with E-state index in [1.54, 1.807) is 0 Å². The number of β-amino-alcohol motifs (C(OH)–C–C–N with tert-alkyl or cyclic N) is 1. The molecule has 2 atom stereocenters. The van der Waals surface area contributed by atoms with Crippen LogP contribution in [0.2, 0.25) is 0 Å². The molecule has 6 heteroatoms. The third-order valence-corrected chi connectivity index (χ3v) is 3.35. The van der Waals surface area contributed by atoms with Crippen molar-refractivity contribution in [1.29, 1.82) is 0 Å². The summed E-state index contributed by atoms with van der Waals surface area (Å²) < 4.78 is 0. The van der Waals surface area contributed by atoms with Gasteiger partial charge >= 0.3 is 12.0 Å². The molecule has 0 aromatic carbocycles. The predicted molar refractivity (Wildman–Crippen MR) is 59.5 cm³/mol. The van der Waals surface area contributed by atoms with Crippen LogP contribution in [0.5, 0.6) is 0 Å². The van der Waals surface area contributed by atoms with Crippen LogP contribution in [0.4, 0.5) is 4.79 Å². The van der Waals surface area contributed by atoms with Crippen molar-refractivity contribution in [3.05, 3.63) is 0 Å². The molecule has 2 aliphatic rings. The lowest BCUT2D eigenvalue weighted by Gasteiger charge is -2.21. The zero-order valence-electron chi connectivity index (χ0n) is 9.63. The number of hydrogen-bond acceptors (Lipinski definition) is 3. The molecule has 0 unspecified atom stereocenters. The molecule has 2 fully saturated rings. The first kappa shape index (κ1) is 12.2. The van der Waals surface area contributed by atoms with Gasteiger partial charge in [0.15, 0.2) is 0 Å². The molecule has 2 rings (SSSR count). The Kier molecular flexibility index (Phi) is 3.51. The molecule has 1 aliphatic carbocycles. The molecule has 3 N–H and O–H groups in total. The maximum Gasteiger partial charge on any atom is 0.326 e. The van der Waals surface area contributed by atoms with Gasteiger partial charge in [-0.25, -0.2) is 9.59 Å². The van der Waals surface area contributed by atoms with Crippen molar-refractivity contribution in [2.75, 3.05) is 13.1 Å². The number of hydrogen-bond donors (Lipinski definition) is 3. The lowest BCUT2D eigenvalue weighted by molar-refractivity contribution is -0.141. The van der Waals surface area contributed by atoms with Crippen LogP contribution >= 0.6 is 0 Å². The SMILES string of the molecule is O=C(O)[C@H]1C[C@@H](O)CN1C(=O)NCCC1CC1. The van der Waals surface area contributed by atoms with E-state index in [2.05, 4.69) is 5.32 Å². The average Bonchev–Trinajstić information content (AvgIpc) is 2.99. The van der Waals surface area contributed by atoms with E-state index < -0.39 is 18.1 Å². The van der Waals surface area contributed by atoms with Gasteiger partial charge in [0.2, 0.25) is 0 Å². The zero-order valence-corrected chi connectivity index (χ0v) is 9.63. The van der Waals surface area contributed by atoms with E-state index in [1.165, 1.54) is 17.7 Å². The van der Waals surface area contributed by atoms with Crippen LogP contribution in [-0.2, 0) is 4.79 Å². The Labute approximate surface area is 99.6 Å². The number of aliphatic carboxylic acids is 1. The van der Waals surface area contributed by atoms with Gasteiger partial charge < -0.3 is 20.4 Å².